The standard InChI is InChI=1S/C13H16N4O/c18-13(17-8-2-4-14-5-9-17)11-3-1-7-16-10-6-15-12(11)16/h1,3,6-7,10,14H,2,4-5,8-9H2. The van der Waals surface area contributed by atoms with Crippen LogP contribution in [0, 0.1) is 0 Å². The number of rotatable bonds is 1. The van der Waals surface area contributed by atoms with Crippen LogP contribution in [0.2, 0.25) is 0 Å². The third-order valence-electron chi connectivity index (χ3n) is 3.28. The van der Waals surface area contributed by atoms with Gasteiger partial charge in [-0.2, -0.15) is 0 Å². The Bertz CT molecular complexity index is 555. The summed E-state index contributed by atoms with van der Waals surface area (Å²) in [5, 5.41) is 3.30. The number of nitrogens with one attached hydrogen (secondary N) is 1. The minimum absolute atomic E-state index is 0.0792. The van der Waals surface area contributed by atoms with Crippen LogP contribution in [0.1, 0.15) is 16.8 Å². The molecule has 3 rings (SSSR count). The van der Waals surface area contributed by atoms with Gasteiger partial charge in [0.05, 0.1) is 5.56 Å². The lowest BCUT2D eigenvalue weighted by Gasteiger charge is -2.20. The molecule has 0 unspecified atom stereocenters. The Kier molecular flexibility index (Phi) is 2.98. The molecule has 0 aliphatic carbocycles. The zero-order valence-electron chi connectivity index (χ0n) is 10.2. The Morgan fingerprint density at radius 3 is 3.17 bits per heavy atom. The van der Waals surface area contributed by atoms with Crippen molar-refractivity contribution >= 4 is 11.6 Å². The molecule has 0 bridgehead atoms. The van der Waals surface area contributed by atoms with Crippen LogP contribution in [0.3, 0.4) is 0 Å². The second-order valence-electron chi connectivity index (χ2n) is 4.48. The van der Waals surface area contributed by atoms with E-state index < -0.39 is 0 Å². The quantitative estimate of drug-likeness (QED) is 0.806. The maximum Gasteiger partial charge on any atom is 0.257 e. The van der Waals surface area contributed by atoms with Crippen LogP contribution in [-0.2, 0) is 0 Å². The third-order valence-corrected chi connectivity index (χ3v) is 3.28. The number of pyridine rings is 1. The molecule has 1 amide bonds. The molecule has 2 aromatic rings. The molecule has 0 spiro atoms. The number of amides is 1. The second-order valence-corrected chi connectivity index (χ2v) is 4.48. The lowest BCUT2D eigenvalue weighted by Crippen LogP contribution is -2.34. The van der Waals surface area contributed by atoms with Gasteiger partial charge >= 0.3 is 0 Å². The van der Waals surface area contributed by atoms with E-state index in [-0.39, 0.29) is 5.91 Å². The Morgan fingerprint density at radius 2 is 2.22 bits per heavy atom. The highest BCUT2D eigenvalue weighted by atomic mass is 16.2. The highest BCUT2D eigenvalue weighted by Gasteiger charge is 2.19. The first kappa shape index (κ1) is 11.2. The molecule has 0 aromatic carbocycles. The Hall–Kier alpha value is -1.88. The number of carbonyl (C=O) groups is 1. The summed E-state index contributed by atoms with van der Waals surface area (Å²) in [5.74, 6) is 0.0792. The van der Waals surface area contributed by atoms with E-state index in [1.54, 1.807) is 6.20 Å². The first-order chi connectivity index (χ1) is 8.86. The van der Waals surface area contributed by atoms with E-state index in [0.717, 1.165) is 38.2 Å². The molecule has 5 heteroatoms. The van der Waals surface area contributed by atoms with Crippen molar-refractivity contribution in [1.82, 2.24) is 19.6 Å². The largest absolute Gasteiger partial charge is 0.337 e. The fraction of sp³-hybridized carbons (Fsp3) is 0.385. The predicted octanol–water partition coefficient (Wildman–Crippen LogP) is 0.770. The van der Waals surface area contributed by atoms with Crippen LogP contribution >= 0.6 is 0 Å². The van der Waals surface area contributed by atoms with Crippen molar-refractivity contribution < 1.29 is 4.79 Å². The molecule has 1 N–H and O–H groups in total. The molecular weight excluding hydrogens is 228 g/mol. The third kappa shape index (κ3) is 1.97. The SMILES string of the molecule is O=C(c1cccn2ccnc12)N1CCCNCC1. The van der Waals surface area contributed by atoms with Crippen molar-refractivity contribution in [1.29, 1.82) is 0 Å². The van der Waals surface area contributed by atoms with E-state index in [2.05, 4.69) is 10.3 Å². The molecule has 3 heterocycles. The van der Waals surface area contributed by atoms with Crippen LogP contribution in [0.5, 0.6) is 0 Å². The van der Waals surface area contributed by atoms with Crippen molar-refractivity contribution in [3.8, 4) is 0 Å². The summed E-state index contributed by atoms with van der Waals surface area (Å²) < 4.78 is 1.88. The lowest BCUT2D eigenvalue weighted by atomic mass is 10.2. The van der Waals surface area contributed by atoms with E-state index in [1.807, 2.05) is 33.8 Å². The molecule has 5 nitrogen and oxygen atoms in total. The second kappa shape index (κ2) is 4.78. The summed E-state index contributed by atoms with van der Waals surface area (Å²) in [4.78, 5) is 18.7. The molecule has 0 saturated carbocycles. The molecule has 1 aliphatic rings. The van der Waals surface area contributed by atoms with Crippen LogP contribution in [0.25, 0.3) is 5.65 Å². The minimum Gasteiger partial charge on any atom is -0.337 e. The van der Waals surface area contributed by atoms with Crippen LogP contribution in [0.15, 0.2) is 30.7 Å². The molecule has 1 saturated heterocycles. The Labute approximate surface area is 105 Å². The van der Waals surface area contributed by atoms with E-state index in [0.29, 0.717) is 5.56 Å². The average molecular weight is 244 g/mol. The smallest absolute Gasteiger partial charge is 0.257 e. The highest BCUT2D eigenvalue weighted by molar-refractivity contribution is 5.99. The molecule has 18 heavy (non-hydrogen) atoms. The minimum atomic E-state index is 0.0792. The number of hydrogen-bond acceptors (Lipinski definition) is 3. The van der Waals surface area contributed by atoms with Gasteiger partial charge < -0.3 is 14.6 Å². The van der Waals surface area contributed by atoms with Gasteiger partial charge in [0.2, 0.25) is 0 Å². The van der Waals surface area contributed by atoms with Gasteiger partial charge in [-0.3, -0.25) is 4.79 Å². The maximum atomic E-state index is 12.5. The molecule has 1 fully saturated rings. The monoisotopic (exact) mass is 244 g/mol. The van der Waals surface area contributed by atoms with Gasteiger partial charge in [-0.05, 0) is 25.1 Å². The number of carbonyl (C=O) groups excluding carboxylic acids is 1. The van der Waals surface area contributed by atoms with E-state index in [9.17, 15) is 4.79 Å². The number of fused-ring (bicyclic) bond motifs is 1. The normalized spacial score (nSPS) is 16.8. The molecular formula is C13H16N4O. The Morgan fingerprint density at radius 1 is 1.28 bits per heavy atom. The van der Waals surface area contributed by atoms with Crippen molar-refractivity contribution in [2.24, 2.45) is 0 Å². The van der Waals surface area contributed by atoms with Crippen LogP contribution in [0.4, 0.5) is 0 Å². The van der Waals surface area contributed by atoms with Gasteiger partial charge in [0.25, 0.3) is 5.91 Å². The summed E-state index contributed by atoms with van der Waals surface area (Å²) in [6, 6.07) is 3.74. The van der Waals surface area contributed by atoms with Gasteiger partial charge in [0.15, 0.2) is 0 Å². The van der Waals surface area contributed by atoms with Gasteiger partial charge in [-0.25, -0.2) is 4.98 Å². The average Bonchev–Trinajstić information content (AvgIpc) is 2.71. The topological polar surface area (TPSA) is 49.6 Å². The molecule has 94 valence electrons. The lowest BCUT2D eigenvalue weighted by molar-refractivity contribution is 0.0767. The number of hydrogen-bond donors (Lipinski definition) is 1. The molecule has 2 aromatic heterocycles. The van der Waals surface area contributed by atoms with E-state index in [1.165, 1.54) is 0 Å². The van der Waals surface area contributed by atoms with Crippen molar-refractivity contribution in [2.75, 3.05) is 26.2 Å². The zero-order valence-corrected chi connectivity index (χ0v) is 10.2. The van der Waals surface area contributed by atoms with E-state index >= 15 is 0 Å². The summed E-state index contributed by atoms with van der Waals surface area (Å²) in [7, 11) is 0. The van der Waals surface area contributed by atoms with Crippen molar-refractivity contribution in [3.63, 3.8) is 0 Å². The highest BCUT2D eigenvalue weighted by Crippen LogP contribution is 2.12. The number of imidazole rings is 1. The van der Waals surface area contributed by atoms with Gasteiger partial charge in [0.1, 0.15) is 5.65 Å². The van der Waals surface area contributed by atoms with Gasteiger partial charge in [0, 0.05) is 38.2 Å². The summed E-state index contributed by atoms with van der Waals surface area (Å²) in [6.45, 7) is 3.43. The first-order valence-corrected chi connectivity index (χ1v) is 6.28. The van der Waals surface area contributed by atoms with Crippen molar-refractivity contribution in [2.45, 2.75) is 6.42 Å². The first-order valence-electron chi connectivity index (χ1n) is 6.28. The van der Waals surface area contributed by atoms with Crippen LogP contribution < -0.4 is 5.32 Å². The maximum absolute atomic E-state index is 12.5. The summed E-state index contributed by atoms with van der Waals surface area (Å²) in [6.07, 6.45) is 6.48. The summed E-state index contributed by atoms with van der Waals surface area (Å²) >= 11 is 0. The zero-order chi connectivity index (χ0) is 12.4. The number of aromatic nitrogens is 2. The summed E-state index contributed by atoms with van der Waals surface area (Å²) in [5.41, 5.74) is 1.42. The molecule has 1 aliphatic heterocycles. The molecule has 0 atom stereocenters. The fourth-order valence-corrected chi connectivity index (χ4v) is 2.33. The van der Waals surface area contributed by atoms with Crippen molar-refractivity contribution in [3.05, 3.63) is 36.3 Å². The van der Waals surface area contributed by atoms with Gasteiger partial charge in [-0.1, -0.05) is 0 Å². The van der Waals surface area contributed by atoms with E-state index in [4.69, 9.17) is 0 Å². The fourth-order valence-electron chi connectivity index (χ4n) is 2.33. The van der Waals surface area contributed by atoms with Crippen LogP contribution in [-0.4, -0.2) is 46.4 Å². The number of nitrogens with zero attached hydrogens (tertiary/aromatic N) is 3. The predicted molar refractivity (Wildman–Crippen MR) is 68.6 cm³/mol. The molecule has 0 radical (unpaired) electrons. The van der Waals surface area contributed by atoms with Gasteiger partial charge in [-0.15, -0.1) is 0 Å². The Balaban J connectivity index is 1.93.